The molecule has 0 unspecified atom stereocenters. The van der Waals surface area contributed by atoms with Crippen LogP contribution in [0.25, 0.3) is 0 Å². The number of hydrogen-bond donors (Lipinski definition) is 1. The molecule has 20 heavy (non-hydrogen) atoms. The van der Waals surface area contributed by atoms with Gasteiger partial charge in [0.1, 0.15) is 0 Å². The number of carbonyl (C=O) groups is 2. The molecule has 2 amide bonds. The van der Waals surface area contributed by atoms with Crippen LogP contribution in [0.15, 0.2) is 18.2 Å². The van der Waals surface area contributed by atoms with Crippen molar-refractivity contribution in [2.24, 2.45) is 5.92 Å². The van der Waals surface area contributed by atoms with Crippen molar-refractivity contribution in [2.75, 3.05) is 16.8 Å². The minimum atomic E-state index is 0.0556. The van der Waals surface area contributed by atoms with Gasteiger partial charge in [-0.1, -0.05) is 13.8 Å². The molecule has 1 aliphatic rings. The smallest absolute Gasteiger partial charge is 0.224 e. The number of amides is 2. The molecule has 108 valence electrons. The fourth-order valence-corrected chi connectivity index (χ4v) is 2.45. The lowest BCUT2D eigenvalue weighted by molar-refractivity contribution is -0.117. The Hall–Kier alpha value is -1.84. The van der Waals surface area contributed by atoms with E-state index in [1.165, 1.54) is 0 Å². The van der Waals surface area contributed by atoms with Gasteiger partial charge in [-0.25, -0.2) is 0 Å². The Bertz CT molecular complexity index is 523. The van der Waals surface area contributed by atoms with Crippen LogP contribution in [0.3, 0.4) is 0 Å². The predicted octanol–water partition coefficient (Wildman–Crippen LogP) is 2.97. The Morgan fingerprint density at radius 2 is 2.10 bits per heavy atom. The molecule has 1 heterocycles. The summed E-state index contributed by atoms with van der Waals surface area (Å²) in [6, 6.07) is 5.76. The normalized spacial score (nSPS) is 13.5. The van der Waals surface area contributed by atoms with Crippen LogP contribution < -0.4 is 10.2 Å². The van der Waals surface area contributed by atoms with Crippen LogP contribution in [0.2, 0.25) is 0 Å². The third-order valence-electron chi connectivity index (χ3n) is 3.59. The molecule has 0 saturated carbocycles. The summed E-state index contributed by atoms with van der Waals surface area (Å²) in [6.07, 6.45) is 2.30. The standard InChI is InChI=1S/C16H22N2O2/c1-11(2)4-7-16(20)17-14-5-6-15-13(10-14)8-9-18(15)12(3)19/h5-6,10-11H,4,7-9H2,1-3H3,(H,17,20). The number of hydrogen-bond acceptors (Lipinski definition) is 2. The van der Waals surface area contributed by atoms with Gasteiger partial charge in [0, 0.05) is 31.3 Å². The summed E-state index contributed by atoms with van der Waals surface area (Å²) in [5.41, 5.74) is 2.92. The van der Waals surface area contributed by atoms with Crippen molar-refractivity contribution in [3.63, 3.8) is 0 Å². The van der Waals surface area contributed by atoms with Gasteiger partial charge < -0.3 is 10.2 Å². The van der Waals surface area contributed by atoms with E-state index in [0.717, 1.165) is 36.3 Å². The molecular formula is C16H22N2O2. The Morgan fingerprint density at radius 1 is 1.35 bits per heavy atom. The molecule has 1 aromatic carbocycles. The molecular weight excluding hydrogens is 252 g/mol. The lowest BCUT2D eigenvalue weighted by Gasteiger charge is -2.15. The number of benzene rings is 1. The first kappa shape index (κ1) is 14.6. The number of anilines is 2. The minimum absolute atomic E-state index is 0.0556. The Kier molecular flexibility index (Phi) is 4.42. The highest BCUT2D eigenvalue weighted by atomic mass is 16.2. The first-order chi connectivity index (χ1) is 9.47. The lowest BCUT2D eigenvalue weighted by atomic mass is 10.1. The second-order valence-electron chi connectivity index (χ2n) is 5.74. The molecule has 0 aliphatic carbocycles. The van der Waals surface area contributed by atoms with Crippen LogP contribution >= 0.6 is 0 Å². The fraction of sp³-hybridized carbons (Fsp3) is 0.500. The first-order valence-corrected chi connectivity index (χ1v) is 7.18. The van der Waals surface area contributed by atoms with Gasteiger partial charge in [0.25, 0.3) is 0 Å². The molecule has 1 aliphatic heterocycles. The third-order valence-corrected chi connectivity index (χ3v) is 3.59. The van der Waals surface area contributed by atoms with Crippen LogP contribution in [0.4, 0.5) is 11.4 Å². The molecule has 0 radical (unpaired) electrons. The van der Waals surface area contributed by atoms with Crippen molar-refractivity contribution in [1.29, 1.82) is 0 Å². The Balaban J connectivity index is 2.02. The van der Waals surface area contributed by atoms with Crippen LogP contribution in [0, 0.1) is 5.92 Å². The van der Waals surface area contributed by atoms with Gasteiger partial charge >= 0.3 is 0 Å². The van der Waals surface area contributed by atoms with E-state index in [-0.39, 0.29) is 11.8 Å². The topological polar surface area (TPSA) is 49.4 Å². The number of nitrogens with one attached hydrogen (secondary N) is 1. The van der Waals surface area contributed by atoms with E-state index in [1.807, 2.05) is 18.2 Å². The number of fused-ring (bicyclic) bond motifs is 1. The highest BCUT2D eigenvalue weighted by Crippen LogP contribution is 2.30. The van der Waals surface area contributed by atoms with E-state index < -0.39 is 0 Å². The summed E-state index contributed by atoms with van der Waals surface area (Å²) in [5, 5.41) is 2.93. The Labute approximate surface area is 120 Å². The first-order valence-electron chi connectivity index (χ1n) is 7.18. The zero-order chi connectivity index (χ0) is 14.7. The molecule has 0 bridgehead atoms. The van der Waals surface area contributed by atoms with E-state index in [2.05, 4.69) is 19.2 Å². The molecule has 4 heteroatoms. The monoisotopic (exact) mass is 274 g/mol. The van der Waals surface area contributed by atoms with Gasteiger partial charge in [-0.2, -0.15) is 0 Å². The summed E-state index contributed by atoms with van der Waals surface area (Å²) in [7, 11) is 0. The van der Waals surface area contributed by atoms with Gasteiger partial charge in [-0.05, 0) is 42.5 Å². The van der Waals surface area contributed by atoms with Gasteiger partial charge in [0.15, 0.2) is 0 Å². The summed E-state index contributed by atoms with van der Waals surface area (Å²) in [5.74, 6) is 0.655. The molecule has 0 saturated heterocycles. The van der Waals surface area contributed by atoms with Crippen molar-refractivity contribution >= 4 is 23.2 Å². The molecule has 0 spiro atoms. The zero-order valence-electron chi connectivity index (χ0n) is 12.4. The Morgan fingerprint density at radius 3 is 2.75 bits per heavy atom. The van der Waals surface area contributed by atoms with Crippen molar-refractivity contribution in [1.82, 2.24) is 0 Å². The number of rotatable bonds is 4. The maximum absolute atomic E-state index is 11.8. The summed E-state index contributed by atoms with van der Waals surface area (Å²) in [6.45, 7) is 6.53. The van der Waals surface area contributed by atoms with Gasteiger partial charge in [-0.3, -0.25) is 9.59 Å². The van der Waals surface area contributed by atoms with Crippen LogP contribution in [0.5, 0.6) is 0 Å². The molecule has 1 aromatic rings. The second-order valence-corrected chi connectivity index (χ2v) is 5.74. The molecule has 4 nitrogen and oxygen atoms in total. The quantitative estimate of drug-likeness (QED) is 0.917. The van der Waals surface area contributed by atoms with E-state index >= 15 is 0 Å². The van der Waals surface area contributed by atoms with Crippen molar-refractivity contribution < 1.29 is 9.59 Å². The average molecular weight is 274 g/mol. The average Bonchev–Trinajstić information content (AvgIpc) is 2.79. The summed E-state index contributed by atoms with van der Waals surface area (Å²) >= 11 is 0. The fourth-order valence-electron chi connectivity index (χ4n) is 2.45. The number of nitrogens with zero attached hydrogens (tertiary/aromatic N) is 1. The minimum Gasteiger partial charge on any atom is -0.326 e. The zero-order valence-corrected chi connectivity index (χ0v) is 12.4. The largest absolute Gasteiger partial charge is 0.326 e. The summed E-state index contributed by atoms with van der Waals surface area (Å²) < 4.78 is 0. The molecule has 0 fully saturated rings. The van der Waals surface area contributed by atoms with E-state index in [4.69, 9.17) is 0 Å². The van der Waals surface area contributed by atoms with Gasteiger partial charge in [-0.15, -0.1) is 0 Å². The maximum Gasteiger partial charge on any atom is 0.224 e. The van der Waals surface area contributed by atoms with Crippen LogP contribution in [-0.2, 0) is 16.0 Å². The van der Waals surface area contributed by atoms with E-state index in [9.17, 15) is 9.59 Å². The lowest BCUT2D eigenvalue weighted by Crippen LogP contribution is -2.25. The van der Waals surface area contributed by atoms with E-state index in [0.29, 0.717) is 12.3 Å². The molecule has 2 rings (SSSR count). The van der Waals surface area contributed by atoms with Crippen LogP contribution in [-0.4, -0.2) is 18.4 Å². The van der Waals surface area contributed by atoms with Gasteiger partial charge in [0.05, 0.1) is 0 Å². The molecule has 0 atom stereocenters. The number of carbonyl (C=O) groups excluding carboxylic acids is 2. The van der Waals surface area contributed by atoms with Crippen LogP contribution in [0.1, 0.15) is 39.2 Å². The summed E-state index contributed by atoms with van der Waals surface area (Å²) in [4.78, 5) is 25.1. The predicted molar refractivity (Wildman–Crippen MR) is 80.9 cm³/mol. The third kappa shape index (κ3) is 3.38. The SMILES string of the molecule is CC(=O)N1CCc2cc(NC(=O)CCC(C)C)ccc21. The highest BCUT2D eigenvalue weighted by Gasteiger charge is 2.22. The second kappa shape index (κ2) is 6.07. The van der Waals surface area contributed by atoms with Gasteiger partial charge in [0.2, 0.25) is 11.8 Å². The molecule has 1 N–H and O–H groups in total. The maximum atomic E-state index is 11.8. The van der Waals surface area contributed by atoms with Crippen molar-refractivity contribution in [3.8, 4) is 0 Å². The molecule has 0 aromatic heterocycles. The highest BCUT2D eigenvalue weighted by molar-refractivity contribution is 5.95. The van der Waals surface area contributed by atoms with Crippen molar-refractivity contribution in [3.05, 3.63) is 23.8 Å². The van der Waals surface area contributed by atoms with Crippen molar-refractivity contribution in [2.45, 2.75) is 40.0 Å². The van der Waals surface area contributed by atoms with E-state index in [1.54, 1.807) is 11.8 Å².